The molecule has 1 heterocycles. The average molecular weight is 239 g/mol. The third-order valence-electron chi connectivity index (χ3n) is 2.64. The van der Waals surface area contributed by atoms with Gasteiger partial charge in [-0.3, -0.25) is 9.59 Å². The molecule has 0 saturated carbocycles. The topological polar surface area (TPSA) is 49.4 Å². The molecular weight excluding hydrogens is 228 g/mol. The van der Waals surface area contributed by atoms with Crippen LogP contribution < -0.4 is 10.2 Å². The number of carbonyl (C=O) groups excluding carboxylic acids is 2. The Morgan fingerprint density at radius 1 is 1.44 bits per heavy atom. The molecule has 1 N–H and O–H groups in total. The Labute approximate surface area is 98.2 Å². The SMILES string of the molecule is CNc1ccc2c(c1)CCC(=O)N2C(=O)Cl. The van der Waals surface area contributed by atoms with Crippen LogP contribution in [-0.2, 0) is 11.2 Å². The maximum Gasteiger partial charge on any atom is 0.327 e. The number of nitrogens with zero attached hydrogens (tertiary/aromatic N) is 1. The molecule has 0 aromatic heterocycles. The predicted molar refractivity (Wildman–Crippen MR) is 63.0 cm³/mol. The van der Waals surface area contributed by atoms with Crippen molar-refractivity contribution in [3.63, 3.8) is 0 Å². The van der Waals surface area contributed by atoms with Crippen molar-refractivity contribution >= 4 is 34.2 Å². The third kappa shape index (κ3) is 1.76. The zero-order valence-electron chi connectivity index (χ0n) is 8.79. The molecule has 2 rings (SSSR count). The van der Waals surface area contributed by atoms with Crippen molar-refractivity contribution in [3.05, 3.63) is 23.8 Å². The third-order valence-corrected chi connectivity index (χ3v) is 2.81. The lowest BCUT2D eigenvalue weighted by molar-refractivity contribution is -0.118. The number of amides is 2. The van der Waals surface area contributed by atoms with Gasteiger partial charge in [0.05, 0.1) is 5.69 Å². The second-order valence-electron chi connectivity index (χ2n) is 3.58. The highest BCUT2D eigenvalue weighted by Gasteiger charge is 2.28. The summed E-state index contributed by atoms with van der Waals surface area (Å²) in [6, 6.07) is 5.47. The average Bonchev–Trinajstić information content (AvgIpc) is 2.27. The molecule has 0 unspecified atom stereocenters. The van der Waals surface area contributed by atoms with Gasteiger partial charge in [-0.15, -0.1) is 0 Å². The van der Waals surface area contributed by atoms with Gasteiger partial charge in [0, 0.05) is 19.2 Å². The molecule has 0 radical (unpaired) electrons. The van der Waals surface area contributed by atoms with Crippen molar-refractivity contribution in [2.75, 3.05) is 17.3 Å². The number of carbonyl (C=O) groups is 2. The van der Waals surface area contributed by atoms with Crippen LogP contribution in [0.1, 0.15) is 12.0 Å². The second-order valence-corrected chi connectivity index (χ2v) is 3.90. The number of hydrogen-bond acceptors (Lipinski definition) is 3. The summed E-state index contributed by atoms with van der Waals surface area (Å²) in [5.74, 6) is -0.246. The van der Waals surface area contributed by atoms with Gasteiger partial charge in [0.2, 0.25) is 5.91 Å². The maximum atomic E-state index is 11.6. The number of halogens is 1. The summed E-state index contributed by atoms with van der Waals surface area (Å²) < 4.78 is 0. The molecule has 4 nitrogen and oxygen atoms in total. The number of imide groups is 1. The highest BCUT2D eigenvalue weighted by Crippen LogP contribution is 2.30. The van der Waals surface area contributed by atoms with E-state index in [0.29, 0.717) is 18.5 Å². The lowest BCUT2D eigenvalue weighted by atomic mass is 10.0. The number of fused-ring (bicyclic) bond motifs is 1. The summed E-state index contributed by atoms with van der Waals surface area (Å²) in [4.78, 5) is 23.8. The fraction of sp³-hybridized carbons (Fsp3) is 0.273. The van der Waals surface area contributed by atoms with E-state index in [2.05, 4.69) is 5.32 Å². The van der Waals surface area contributed by atoms with E-state index in [4.69, 9.17) is 11.6 Å². The van der Waals surface area contributed by atoms with Gasteiger partial charge >= 0.3 is 5.37 Å². The molecule has 0 saturated heterocycles. The van der Waals surface area contributed by atoms with Crippen molar-refractivity contribution in [3.8, 4) is 0 Å². The molecule has 1 aliphatic heterocycles. The van der Waals surface area contributed by atoms with E-state index in [1.54, 1.807) is 6.07 Å². The Morgan fingerprint density at radius 2 is 2.19 bits per heavy atom. The Bertz CT molecular complexity index is 459. The molecular formula is C11H11ClN2O2. The minimum atomic E-state index is -0.747. The minimum Gasteiger partial charge on any atom is -0.388 e. The van der Waals surface area contributed by atoms with Crippen molar-refractivity contribution in [1.29, 1.82) is 0 Å². The van der Waals surface area contributed by atoms with E-state index in [-0.39, 0.29) is 5.91 Å². The van der Waals surface area contributed by atoms with Crippen LogP contribution in [0.4, 0.5) is 16.2 Å². The van der Waals surface area contributed by atoms with Crippen LogP contribution in [0.25, 0.3) is 0 Å². The lowest BCUT2D eigenvalue weighted by Crippen LogP contribution is -2.36. The van der Waals surface area contributed by atoms with Crippen LogP contribution in [0.2, 0.25) is 0 Å². The summed E-state index contributed by atoms with van der Waals surface area (Å²) in [7, 11) is 1.82. The molecule has 84 valence electrons. The first-order chi connectivity index (χ1) is 7.63. The summed E-state index contributed by atoms with van der Waals surface area (Å²) in [5, 5.41) is 2.26. The zero-order chi connectivity index (χ0) is 11.7. The van der Waals surface area contributed by atoms with Crippen LogP contribution in [0, 0.1) is 0 Å². The van der Waals surface area contributed by atoms with E-state index in [1.807, 2.05) is 19.2 Å². The van der Waals surface area contributed by atoms with Gasteiger partial charge in [0.15, 0.2) is 0 Å². The molecule has 0 bridgehead atoms. The molecule has 2 amide bonds. The summed E-state index contributed by atoms with van der Waals surface area (Å²) in [6.07, 6.45) is 0.961. The molecule has 16 heavy (non-hydrogen) atoms. The molecule has 0 aliphatic carbocycles. The Hall–Kier alpha value is -1.55. The first-order valence-corrected chi connectivity index (χ1v) is 5.34. The van der Waals surface area contributed by atoms with Gasteiger partial charge in [-0.2, -0.15) is 0 Å². The van der Waals surface area contributed by atoms with Gasteiger partial charge in [0.25, 0.3) is 0 Å². The molecule has 1 aromatic carbocycles. The van der Waals surface area contributed by atoms with Crippen molar-refractivity contribution in [1.82, 2.24) is 0 Å². The number of benzene rings is 1. The van der Waals surface area contributed by atoms with Crippen LogP contribution in [0.5, 0.6) is 0 Å². The molecule has 0 fully saturated rings. The van der Waals surface area contributed by atoms with E-state index in [1.165, 1.54) is 0 Å². The molecule has 0 atom stereocenters. The summed E-state index contributed by atoms with van der Waals surface area (Å²) in [6.45, 7) is 0. The number of hydrogen-bond donors (Lipinski definition) is 1. The Balaban J connectivity index is 2.48. The fourth-order valence-corrected chi connectivity index (χ4v) is 2.03. The predicted octanol–water partition coefficient (Wildman–Crippen LogP) is 2.37. The number of anilines is 2. The van der Waals surface area contributed by atoms with E-state index in [9.17, 15) is 9.59 Å². The first kappa shape index (κ1) is 11.0. The molecule has 1 aromatic rings. The van der Waals surface area contributed by atoms with Gasteiger partial charge in [-0.1, -0.05) is 0 Å². The Kier molecular flexibility index (Phi) is 2.83. The number of nitrogens with one attached hydrogen (secondary N) is 1. The smallest absolute Gasteiger partial charge is 0.327 e. The zero-order valence-corrected chi connectivity index (χ0v) is 9.54. The van der Waals surface area contributed by atoms with E-state index < -0.39 is 5.37 Å². The second kappa shape index (κ2) is 4.14. The highest BCUT2D eigenvalue weighted by molar-refractivity contribution is 6.68. The fourth-order valence-electron chi connectivity index (χ4n) is 1.84. The highest BCUT2D eigenvalue weighted by atomic mass is 35.5. The van der Waals surface area contributed by atoms with Gasteiger partial charge in [-0.25, -0.2) is 4.90 Å². The normalized spacial score (nSPS) is 14.6. The van der Waals surface area contributed by atoms with Crippen molar-refractivity contribution in [2.24, 2.45) is 0 Å². The van der Waals surface area contributed by atoms with Gasteiger partial charge in [0.1, 0.15) is 0 Å². The monoisotopic (exact) mass is 238 g/mol. The maximum absolute atomic E-state index is 11.6. The number of aryl methyl sites for hydroxylation is 1. The van der Waals surface area contributed by atoms with Gasteiger partial charge in [-0.05, 0) is 41.8 Å². The quantitative estimate of drug-likeness (QED) is 0.604. The van der Waals surface area contributed by atoms with Crippen LogP contribution >= 0.6 is 11.6 Å². The van der Waals surface area contributed by atoms with Gasteiger partial charge < -0.3 is 5.32 Å². The minimum absolute atomic E-state index is 0.246. The lowest BCUT2D eigenvalue weighted by Gasteiger charge is -2.26. The summed E-state index contributed by atoms with van der Waals surface area (Å²) >= 11 is 5.40. The molecule has 0 spiro atoms. The van der Waals surface area contributed by atoms with Crippen LogP contribution in [0.15, 0.2) is 18.2 Å². The van der Waals surface area contributed by atoms with Crippen LogP contribution in [-0.4, -0.2) is 18.3 Å². The standard InChI is InChI=1S/C11H11ClN2O2/c1-13-8-3-4-9-7(6-8)2-5-10(15)14(9)11(12)16/h3-4,6,13H,2,5H2,1H3. The largest absolute Gasteiger partial charge is 0.388 e. The summed E-state index contributed by atoms with van der Waals surface area (Å²) in [5.41, 5.74) is 2.51. The number of rotatable bonds is 1. The van der Waals surface area contributed by atoms with E-state index >= 15 is 0 Å². The van der Waals surface area contributed by atoms with Crippen LogP contribution in [0.3, 0.4) is 0 Å². The molecule has 5 heteroatoms. The molecule has 1 aliphatic rings. The van der Waals surface area contributed by atoms with Crippen molar-refractivity contribution in [2.45, 2.75) is 12.8 Å². The van der Waals surface area contributed by atoms with E-state index in [0.717, 1.165) is 16.2 Å². The first-order valence-electron chi connectivity index (χ1n) is 4.96. The Morgan fingerprint density at radius 3 is 2.81 bits per heavy atom. The van der Waals surface area contributed by atoms with Crippen molar-refractivity contribution < 1.29 is 9.59 Å².